The van der Waals surface area contributed by atoms with Gasteiger partial charge in [-0.1, -0.05) is 24.3 Å². The molecule has 0 aliphatic carbocycles. The zero-order valence-electron chi connectivity index (χ0n) is 9.50. The van der Waals surface area contributed by atoms with Crippen molar-refractivity contribution in [1.82, 2.24) is 4.98 Å². The van der Waals surface area contributed by atoms with E-state index in [0.29, 0.717) is 0 Å². The second-order valence-electron chi connectivity index (χ2n) is 4.26. The molecule has 0 bridgehead atoms. The summed E-state index contributed by atoms with van der Waals surface area (Å²) in [6, 6.07) is 14.9. The summed E-state index contributed by atoms with van der Waals surface area (Å²) in [7, 11) is 0. The molecule has 17 heavy (non-hydrogen) atoms. The standard InChI is InChI=1S/C15H12FN/c1-10-8-13-3-2-12(9-15(13)17-10)11-4-6-14(16)7-5-11/h2-9,17H,1H3. The molecule has 1 heterocycles. The number of nitrogens with one attached hydrogen (secondary N) is 1. The fourth-order valence-corrected chi connectivity index (χ4v) is 2.09. The molecular formula is C15H12FN. The smallest absolute Gasteiger partial charge is 0.123 e. The Morgan fingerprint density at radius 2 is 1.59 bits per heavy atom. The van der Waals surface area contributed by atoms with Gasteiger partial charge < -0.3 is 4.98 Å². The zero-order valence-corrected chi connectivity index (χ0v) is 9.50. The second kappa shape index (κ2) is 3.74. The van der Waals surface area contributed by atoms with Gasteiger partial charge in [0.2, 0.25) is 0 Å². The quantitative estimate of drug-likeness (QED) is 0.636. The fourth-order valence-electron chi connectivity index (χ4n) is 2.09. The summed E-state index contributed by atoms with van der Waals surface area (Å²) < 4.78 is 12.9. The van der Waals surface area contributed by atoms with Gasteiger partial charge >= 0.3 is 0 Å². The van der Waals surface area contributed by atoms with Crippen LogP contribution in [-0.4, -0.2) is 4.98 Å². The molecule has 2 heteroatoms. The minimum atomic E-state index is -0.203. The molecule has 1 N–H and O–H groups in total. The van der Waals surface area contributed by atoms with Gasteiger partial charge in [0, 0.05) is 11.2 Å². The molecule has 0 atom stereocenters. The van der Waals surface area contributed by atoms with Crippen LogP contribution >= 0.6 is 0 Å². The molecule has 0 aliphatic rings. The predicted molar refractivity (Wildman–Crippen MR) is 68.4 cm³/mol. The molecule has 0 saturated carbocycles. The number of halogens is 1. The van der Waals surface area contributed by atoms with Gasteiger partial charge in [0.15, 0.2) is 0 Å². The van der Waals surface area contributed by atoms with Gasteiger partial charge in [-0.15, -0.1) is 0 Å². The van der Waals surface area contributed by atoms with Crippen LogP contribution in [0.5, 0.6) is 0 Å². The molecule has 3 aromatic rings. The van der Waals surface area contributed by atoms with Gasteiger partial charge in [0.05, 0.1) is 0 Å². The number of aromatic nitrogens is 1. The maximum Gasteiger partial charge on any atom is 0.123 e. The number of benzene rings is 2. The molecule has 0 aliphatic heterocycles. The molecule has 1 nitrogen and oxygen atoms in total. The Labute approximate surface area is 98.9 Å². The maximum absolute atomic E-state index is 12.9. The molecule has 0 fully saturated rings. The van der Waals surface area contributed by atoms with Crippen LogP contribution < -0.4 is 0 Å². The highest BCUT2D eigenvalue weighted by atomic mass is 19.1. The lowest BCUT2D eigenvalue weighted by Gasteiger charge is -2.01. The fraction of sp³-hybridized carbons (Fsp3) is 0.0667. The predicted octanol–water partition coefficient (Wildman–Crippen LogP) is 4.28. The highest BCUT2D eigenvalue weighted by molar-refractivity contribution is 5.85. The Morgan fingerprint density at radius 1 is 0.882 bits per heavy atom. The summed E-state index contributed by atoms with van der Waals surface area (Å²) in [5, 5.41) is 1.20. The van der Waals surface area contributed by atoms with Crippen molar-refractivity contribution in [2.24, 2.45) is 0 Å². The summed E-state index contributed by atoms with van der Waals surface area (Å²) in [4.78, 5) is 3.31. The Morgan fingerprint density at radius 3 is 2.35 bits per heavy atom. The van der Waals surface area contributed by atoms with Crippen LogP contribution in [-0.2, 0) is 0 Å². The van der Waals surface area contributed by atoms with Crippen molar-refractivity contribution in [3.05, 3.63) is 60.0 Å². The molecule has 3 rings (SSSR count). The largest absolute Gasteiger partial charge is 0.359 e. The molecule has 2 aromatic carbocycles. The van der Waals surface area contributed by atoms with E-state index in [0.717, 1.165) is 22.3 Å². The van der Waals surface area contributed by atoms with Gasteiger partial charge in [0.25, 0.3) is 0 Å². The van der Waals surface area contributed by atoms with Crippen molar-refractivity contribution in [2.45, 2.75) is 6.92 Å². The van der Waals surface area contributed by atoms with E-state index in [-0.39, 0.29) is 5.82 Å². The zero-order chi connectivity index (χ0) is 11.8. The molecular weight excluding hydrogens is 213 g/mol. The third kappa shape index (κ3) is 1.82. The lowest BCUT2D eigenvalue weighted by molar-refractivity contribution is 0.628. The summed E-state index contributed by atoms with van der Waals surface area (Å²) in [6.45, 7) is 2.04. The van der Waals surface area contributed by atoms with Gasteiger partial charge in [-0.05, 0) is 47.7 Å². The summed E-state index contributed by atoms with van der Waals surface area (Å²) >= 11 is 0. The maximum atomic E-state index is 12.9. The lowest BCUT2D eigenvalue weighted by Crippen LogP contribution is -1.79. The number of H-pyrrole nitrogens is 1. The van der Waals surface area contributed by atoms with E-state index in [1.807, 2.05) is 6.92 Å². The molecule has 0 spiro atoms. The normalized spacial score (nSPS) is 10.9. The monoisotopic (exact) mass is 225 g/mol. The van der Waals surface area contributed by atoms with Crippen molar-refractivity contribution in [3.8, 4) is 11.1 Å². The first-order chi connectivity index (χ1) is 8.22. The highest BCUT2D eigenvalue weighted by Gasteiger charge is 2.01. The third-order valence-electron chi connectivity index (χ3n) is 2.93. The lowest BCUT2D eigenvalue weighted by atomic mass is 10.0. The number of rotatable bonds is 1. The minimum absolute atomic E-state index is 0.203. The number of hydrogen-bond donors (Lipinski definition) is 1. The van der Waals surface area contributed by atoms with Gasteiger partial charge in [-0.25, -0.2) is 4.39 Å². The summed E-state index contributed by atoms with van der Waals surface area (Å²) in [6.07, 6.45) is 0. The van der Waals surface area contributed by atoms with Crippen LogP contribution in [0, 0.1) is 12.7 Å². The van der Waals surface area contributed by atoms with E-state index in [2.05, 4.69) is 29.2 Å². The highest BCUT2D eigenvalue weighted by Crippen LogP contribution is 2.24. The van der Waals surface area contributed by atoms with E-state index in [9.17, 15) is 4.39 Å². The van der Waals surface area contributed by atoms with Gasteiger partial charge in [-0.3, -0.25) is 0 Å². The van der Waals surface area contributed by atoms with Crippen molar-refractivity contribution < 1.29 is 4.39 Å². The van der Waals surface area contributed by atoms with Crippen LogP contribution in [0.4, 0.5) is 4.39 Å². The van der Waals surface area contributed by atoms with Crippen LogP contribution in [0.25, 0.3) is 22.0 Å². The first-order valence-corrected chi connectivity index (χ1v) is 5.58. The minimum Gasteiger partial charge on any atom is -0.359 e. The van der Waals surface area contributed by atoms with Gasteiger partial charge in [0.1, 0.15) is 5.82 Å². The van der Waals surface area contributed by atoms with E-state index >= 15 is 0 Å². The molecule has 84 valence electrons. The van der Waals surface area contributed by atoms with E-state index < -0.39 is 0 Å². The number of fused-ring (bicyclic) bond motifs is 1. The molecule has 0 amide bonds. The van der Waals surface area contributed by atoms with Crippen molar-refractivity contribution in [3.63, 3.8) is 0 Å². The first kappa shape index (κ1) is 10.1. The van der Waals surface area contributed by atoms with Crippen LogP contribution in [0.1, 0.15) is 5.69 Å². The van der Waals surface area contributed by atoms with E-state index in [1.54, 1.807) is 12.1 Å². The van der Waals surface area contributed by atoms with Crippen LogP contribution in [0.3, 0.4) is 0 Å². The molecule has 0 radical (unpaired) electrons. The topological polar surface area (TPSA) is 15.8 Å². The van der Waals surface area contributed by atoms with Gasteiger partial charge in [-0.2, -0.15) is 0 Å². The Balaban J connectivity index is 2.13. The molecule has 1 aromatic heterocycles. The van der Waals surface area contributed by atoms with Crippen LogP contribution in [0.2, 0.25) is 0 Å². The first-order valence-electron chi connectivity index (χ1n) is 5.58. The van der Waals surface area contributed by atoms with Crippen molar-refractivity contribution >= 4 is 10.9 Å². The SMILES string of the molecule is Cc1cc2ccc(-c3ccc(F)cc3)cc2[nH]1. The third-order valence-corrected chi connectivity index (χ3v) is 2.93. The number of hydrogen-bond acceptors (Lipinski definition) is 0. The number of aryl methyl sites for hydroxylation is 1. The molecule has 0 unspecified atom stereocenters. The average molecular weight is 225 g/mol. The van der Waals surface area contributed by atoms with E-state index in [1.165, 1.54) is 17.5 Å². The summed E-state index contributed by atoms with van der Waals surface area (Å²) in [5.74, 6) is -0.203. The average Bonchev–Trinajstić information content (AvgIpc) is 2.69. The van der Waals surface area contributed by atoms with E-state index in [4.69, 9.17) is 0 Å². The Hall–Kier alpha value is -2.09. The van der Waals surface area contributed by atoms with Crippen LogP contribution in [0.15, 0.2) is 48.5 Å². The molecule has 0 saturated heterocycles. The van der Waals surface area contributed by atoms with Crippen molar-refractivity contribution in [1.29, 1.82) is 0 Å². The second-order valence-corrected chi connectivity index (χ2v) is 4.26. The summed E-state index contributed by atoms with van der Waals surface area (Å²) in [5.41, 5.74) is 4.39. The Bertz CT molecular complexity index is 665. The van der Waals surface area contributed by atoms with Crippen molar-refractivity contribution in [2.75, 3.05) is 0 Å². The number of aromatic amines is 1. The Kier molecular flexibility index (Phi) is 2.22.